The number of anilines is 2. The largest absolute Gasteiger partial charge is 0.336 e. The van der Waals surface area contributed by atoms with Crippen molar-refractivity contribution in [1.82, 2.24) is 5.32 Å². The van der Waals surface area contributed by atoms with Gasteiger partial charge in [-0.1, -0.05) is 20.8 Å². The van der Waals surface area contributed by atoms with Gasteiger partial charge in [0.05, 0.1) is 5.75 Å². The van der Waals surface area contributed by atoms with Gasteiger partial charge in [-0.15, -0.1) is 11.8 Å². The van der Waals surface area contributed by atoms with E-state index in [1.54, 1.807) is 16.7 Å². The molecule has 5 nitrogen and oxygen atoms in total. The molecule has 1 aliphatic heterocycles. The molecule has 1 aliphatic rings. The molecule has 0 radical (unpaired) electrons. The van der Waals surface area contributed by atoms with Gasteiger partial charge >= 0.3 is 6.03 Å². The lowest BCUT2D eigenvalue weighted by molar-refractivity contribution is -0.113. The van der Waals surface area contributed by atoms with E-state index in [2.05, 4.69) is 31.4 Å². The summed E-state index contributed by atoms with van der Waals surface area (Å²) in [4.78, 5) is 25.1. The molecule has 0 saturated carbocycles. The maximum absolute atomic E-state index is 11.8. The molecule has 1 aromatic rings. The van der Waals surface area contributed by atoms with Crippen LogP contribution in [0.25, 0.3) is 0 Å². The fourth-order valence-corrected chi connectivity index (χ4v) is 2.56. The molecule has 2 rings (SSSR count). The van der Waals surface area contributed by atoms with Crippen molar-refractivity contribution < 1.29 is 9.59 Å². The molecule has 6 heteroatoms. The van der Waals surface area contributed by atoms with E-state index in [-0.39, 0.29) is 16.7 Å². The van der Waals surface area contributed by atoms with Gasteiger partial charge in [-0.2, -0.15) is 0 Å². The van der Waals surface area contributed by atoms with Gasteiger partial charge in [0.15, 0.2) is 0 Å². The van der Waals surface area contributed by atoms with Gasteiger partial charge in [-0.3, -0.25) is 9.69 Å². The summed E-state index contributed by atoms with van der Waals surface area (Å²) >= 11 is 1.61. The van der Waals surface area contributed by atoms with Crippen LogP contribution in [-0.4, -0.2) is 35.5 Å². The second-order valence-electron chi connectivity index (χ2n) is 5.88. The molecule has 114 valence electrons. The van der Waals surface area contributed by atoms with Crippen LogP contribution in [0.2, 0.25) is 0 Å². The highest BCUT2D eigenvalue weighted by Gasteiger charge is 2.20. The number of thioether (sulfide) groups is 1. The highest BCUT2D eigenvalue weighted by Crippen LogP contribution is 2.23. The summed E-state index contributed by atoms with van der Waals surface area (Å²) in [5.74, 6) is 0.418. The topological polar surface area (TPSA) is 61.4 Å². The summed E-state index contributed by atoms with van der Waals surface area (Å²) in [6, 6.07) is 7.25. The number of rotatable bonds is 4. The number of benzene rings is 1. The Morgan fingerprint density at radius 2 is 2.00 bits per heavy atom. The Morgan fingerprint density at radius 1 is 1.33 bits per heavy atom. The molecular formula is C15H21N3O2S. The first-order chi connectivity index (χ1) is 9.85. The highest BCUT2D eigenvalue weighted by atomic mass is 32.2. The van der Waals surface area contributed by atoms with Crippen molar-refractivity contribution in [1.29, 1.82) is 0 Å². The first-order valence-corrected chi connectivity index (χ1v) is 7.93. The number of hydrogen-bond acceptors (Lipinski definition) is 3. The molecule has 0 atom stereocenters. The summed E-state index contributed by atoms with van der Waals surface area (Å²) in [5, 5.41) is 5.62. The minimum Gasteiger partial charge on any atom is -0.336 e. The number of urea groups is 1. The zero-order valence-corrected chi connectivity index (χ0v) is 13.4. The maximum atomic E-state index is 11.8. The van der Waals surface area contributed by atoms with Crippen molar-refractivity contribution in [3.05, 3.63) is 24.3 Å². The standard InChI is InChI=1S/C15H21N3O2S/c1-15(2,3)21-10-13(19)17-11-4-6-12(7-5-11)18-9-8-16-14(18)20/h4-7H,8-10H2,1-3H3,(H,16,20)(H,17,19). The van der Waals surface area contributed by atoms with Crippen molar-refractivity contribution in [2.24, 2.45) is 0 Å². The van der Waals surface area contributed by atoms with Crippen LogP contribution in [0, 0.1) is 0 Å². The Kier molecular flexibility index (Phi) is 4.77. The van der Waals surface area contributed by atoms with Gasteiger partial charge in [0.1, 0.15) is 0 Å². The average Bonchev–Trinajstić information content (AvgIpc) is 2.83. The van der Waals surface area contributed by atoms with E-state index in [9.17, 15) is 9.59 Å². The highest BCUT2D eigenvalue weighted by molar-refractivity contribution is 8.01. The number of carbonyl (C=O) groups is 2. The summed E-state index contributed by atoms with van der Waals surface area (Å²) < 4.78 is 0.0737. The normalized spacial score (nSPS) is 15.0. The van der Waals surface area contributed by atoms with Crippen molar-refractivity contribution in [3.63, 3.8) is 0 Å². The van der Waals surface area contributed by atoms with Crippen LogP contribution in [0.4, 0.5) is 16.2 Å². The predicted molar refractivity (Wildman–Crippen MR) is 88.0 cm³/mol. The molecule has 0 spiro atoms. The minimum atomic E-state index is -0.0756. The number of nitrogens with one attached hydrogen (secondary N) is 2. The zero-order chi connectivity index (χ0) is 15.5. The van der Waals surface area contributed by atoms with Gasteiger partial charge in [-0.25, -0.2) is 4.79 Å². The molecule has 1 saturated heterocycles. The fraction of sp³-hybridized carbons (Fsp3) is 0.467. The van der Waals surface area contributed by atoms with Gasteiger partial charge < -0.3 is 10.6 Å². The first kappa shape index (κ1) is 15.7. The predicted octanol–water partition coefficient (Wildman–Crippen LogP) is 2.69. The monoisotopic (exact) mass is 307 g/mol. The molecule has 21 heavy (non-hydrogen) atoms. The molecule has 2 N–H and O–H groups in total. The number of amides is 3. The number of nitrogens with zero attached hydrogens (tertiary/aromatic N) is 1. The third kappa shape index (κ3) is 4.67. The summed E-state index contributed by atoms with van der Waals surface area (Å²) in [7, 11) is 0. The molecule has 0 aliphatic carbocycles. The van der Waals surface area contributed by atoms with E-state index >= 15 is 0 Å². The van der Waals surface area contributed by atoms with E-state index in [1.807, 2.05) is 24.3 Å². The minimum absolute atomic E-state index is 0.0124. The fourth-order valence-electron chi connectivity index (χ4n) is 1.92. The Balaban J connectivity index is 1.90. The lowest BCUT2D eigenvalue weighted by atomic mass is 10.2. The van der Waals surface area contributed by atoms with Crippen LogP contribution in [0.15, 0.2) is 24.3 Å². The SMILES string of the molecule is CC(C)(C)SCC(=O)Nc1ccc(N2CCNC2=O)cc1. The van der Waals surface area contributed by atoms with Crippen LogP contribution >= 0.6 is 11.8 Å². The van der Waals surface area contributed by atoms with E-state index in [1.165, 1.54) is 0 Å². The van der Waals surface area contributed by atoms with E-state index in [4.69, 9.17) is 0 Å². The van der Waals surface area contributed by atoms with Crippen LogP contribution in [0.1, 0.15) is 20.8 Å². The second kappa shape index (κ2) is 6.39. The van der Waals surface area contributed by atoms with Crippen LogP contribution in [0.3, 0.4) is 0 Å². The third-order valence-corrected chi connectivity index (χ3v) is 4.23. The molecular weight excluding hydrogens is 286 g/mol. The zero-order valence-electron chi connectivity index (χ0n) is 12.6. The van der Waals surface area contributed by atoms with Crippen LogP contribution in [-0.2, 0) is 4.79 Å². The van der Waals surface area contributed by atoms with Crippen LogP contribution < -0.4 is 15.5 Å². The van der Waals surface area contributed by atoms with Gasteiger partial charge in [0, 0.05) is 29.2 Å². The van der Waals surface area contributed by atoms with Gasteiger partial charge in [0.25, 0.3) is 0 Å². The quantitative estimate of drug-likeness (QED) is 0.899. The van der Waals surface area contributed by atoms with E-state index in [0.717, 1.165) is 11.4 Å². The van der Waals surface area contributed by atoms with E-state index in [0.29, 0.717) is 18.8 Å². The van der Waals surface area contributed by atoms with Crippen molar-refractivity contribution in [2.75, 3.05) is 29.1 Å². The van der Waals surface area contributed by atoms with E-state index < -0.39 is 0 Å². The molecule has 0 unspecified atom stereocenters. The molecule has 0 bridgehead atoms. The third-order valence-electron chi connectivity index (χ3n) is 2.96. The number of hydrogen-bond donors (Lipinski definition) is 2. The second-order valence-corrected chi connectivity index (χ2v) is 7.68. The lowest BCUT2D eigenvalue weighted by Gasteiger charge is -2.17. The van der Waals surface area contributed by atoms with Gasteiger partial charge in [0.2, 0.25) is 5.91 Å². The average molecular weight is 307 g/mol. The number of carbonyl (C=O) groups excluding carboxylic acids is 2. The molecule has 3 amide bonds. The summed E-state index contributed by atoms with van der Waals surface area (Å²) in [6.45, 7) is 7.59. The summed E-state index contributed by atoms with van der Waals surface area (Å²) in [5.41, 5.74) is 1.59. The van der Waals surface area contributed by atoms with Crippen LogP contribution in [0.5, 0.6) is 0 Å². The summed E-state index contributed by atoms with van der Waals surface area (Å²) in [6.07, 6.45) is 0. The first-order valence-electron chi connectivity index (χ1n) is 6.94. The van der Waals surface area contributed by atoms with Crippen molar-refractivity contribution in [2.45, 2.75) is 25.5 Å². The maximum Gasteiger partial charge on any atom is 0.321 e. The van der Waals surface area contributed by atoms with Crippen molar-refractivity contribution in [3.8, 4) is 0 Å². The van der Waals surface area contributed by atoms with Gasteiger partial charge in [-0.05, 0) is 24.3 Å². The van der Waals surface area contributed by atoms with Crippen molar-refractivity contribution >= 4 is 35.1 Å². The Hall–Kier alpha value is -1.69. The Labute approximate surface area is 129 Å². The molecule has 1 fully saturated rings. The Morgan fingerprint density at radius 3 is 2.52 bits per heavy atom. The smallest absolute Gasteiger partial charge is 0.321 e. The molecule has 1 aromatic carbocycles. The lowest BCUT2D eigenvalue weighted by Crippen LogP contribution is -2.27. The molecule has 0 aromatic heterocycles. The molecule has 1 heterocycles. The Bertz CT molecular complexity index is 523.